The van der Waals surface area contributed by atoms with Gasteiger partial charge < -0.3 is 9.47 Å². The maximum atomic E-state index is 12.5. The maximum Gasteiger partial charge on any atom is 0.261 e. The van der Waals surface area contributed by atoms with E-state index in [9.17, 15) is 13.2 Å². The van der Waals surface area contributed by atoms with Crippen molar-refractivity contribution in [3.05, 3.63) is 47.5 Å². The van der Waals surface area contributed by atoms with E-state index >= 15 is 0 Å². The Bertz CT molecular complexity index is 888. The number of aryl methyl sites for hydroxylation is 1. The summed E-state index contributed by atoms with van der Waals surface area (Å²) in [6.07, 6.45) is 0. The fourth-order valence-corrected chi connectivity index (χ4v) is 3.49. The molecule has 3 rings (SSSR count). The zero-order valence-corrected chi connectivity index (χ0v) is 14.1. The molecular weight excluding hydrogens is 330 g/mol. The Morgan fingerprint density at radius 2 is 1.62 bits per heavy atom. The Morgan fingerprint density at radius 3 is 2.21 bits per heavy atom. The van der Waals surface area contributed by atoms with Crippen LogP contribution in [0.25, 0.3) is 0 Å². The van der Waals surface area contributed by atoms with E-state index in [1.54, 1.807) is 19.1 Å². The summed E-state index contributed by atoms with van der Waals surface area (Å²) >= 11 is 0. The molecule has 24 heavy (non-hydrogen) atoms. The van der Waals surface area contributed by atoms with E-state index in [2.05, 4.69) is 4.72 Å². The third-order valence-corrected chi connectivity index (χ3v) is 5.09. The number of carbonyl (C=O) groups excluding carboxylic acids is 1. The van der Waals surface area contributed by atoms with Gasteiger partial charge in [-0.2, -0.15) is 0 Å². The Kier molecular flexibility index (Phi) is 4.19. The molecule has 1 aliphatic rings. The van der Waals surface area contributed by atoms with Crippen molar-refractivity contribution in [2.24, 2.45) is 0 Å². The highest BCUT2D eigenvalue weighted by Crippen LogP contribution is 2.36. The van der Waals surface area contributed by atoms with Crippen LogP contribution in [0.15, 0.2) is 41.3 Å². The van der Waals surface area contributed by atoms with Gasteiger partial charge in [0.05, 0.1) is 10.6 Å². The predicted molar refractivity (Wildman–Crippen MR) is 89.4 cm³/mol. The number of carbonyl (C=O) groups is 1. The van der Waals surface area contributed by atoms with Gasteiger partial charge in [-0.15, -0.1) is 0 Å². The van der Waals surface area contributed by atoms with Crippen molar-refractivity contribution in [1.29, 1.82) is 0 Å². The highest BCUT2D eigenvalue weighted by molar-refractivity contribution is 7.92. The van der Waals surface area contributed by atoms with Crippen molar-refractivity contribution in [3.63, 3.8) is 0 Å². The number of nitrogens with one attached hydrogen (secondary N) is 1. The first-order valence-corrected chi connectivity index (χ1v) is 8.89. The largest absolute Gasteiger partial charge is 0.486 e. The maximum absolute atomic E-state index is 12.5. The minimum Gasteiger partial charge on any atom is -0.486 e. The molecule has 1 heterocycles. The van der Waals surface area contributed by atoms with Crippen molar-refractivity contribution in [3.8, 4) is 11.5 Å². The fourth-order valence-electron chi connectivity index (χ4n) is 2.37. The summed E-state index contributed by atoms with van der Waals surface area (Å²) in [6.45, 7) is 4.12. The third-order valence-electron chi connectivity index (χ3n) is 3.70. The van der Waals surface area contributed by atoms with Crippen LogP contribution in [-0.2, 0) is 10.0 Å². The van der Waals surface area contributed by atoms with Crippen molar-refractivity contribution in [2.45, 2.75) is 18.7 Å². The number of hydrogen-bond acceptors (Lipinski definition) is 5. The van der Waals surface area contributed by atoms with Crippen LogP contribution < -0.4 is 14.2 Å². The normalized spacial score (nSPS) is 13.4. The van der Waals surface area contributed by atoms with Gasteiger partial charge >= 0.3 is 0 Å². The standard InChI is InChI=1S/C17H17NO5S/c1-11-9-16-17(23-8-7-22-16)10-15(11)18-24(20,21)14-5-3-13(4-6-14)12(2)19/h3-6,9-10,18H,7-8H2,1-2H3. The zero-order chi connectivity index (χ0) is 17.3. The number of anilines is 1. The summed E-state index contributed by atoms with van der Waals surface area (Å²) in [5.74, 6) is 0.999. The van der Waals surface area contributed by atoms with Gasteiger partial charge in [0.2, 0.25) is 0 Å². The molecule has 1 N–H and O–H groups in total. The number of benzene rings is 2. The Hall–Kier alpha value is -2.54. The van der Waals surface area contributed by atoms with Crippen LogP contribution in [0.1, 0.15) is 22.8 Å². The van der Waals surface area contributed by atoms with Crippen LogP contribution in [0.3, 0.4) is 0 Å². The molecule has 0 atom stereocenters. The molecule has 0 unspecified atom stereocenters. The number of Topliss-reactive ketones (excluding diaryl/α,β-unsaturated/α-hetero) is 1. The summed E-state index contributed by atoms with van der Waals surface area (Å²) in [7, 11) is -3.76. The highest BCUT2D eigenvalue weighted by Gasteiger charge is 2.19. The van der Waals surface area contributed by atoms with Crippen LogP contribution in [-0.4, -0.2) is 27.4 Å². The van der Waals surface area contributed by atoms with E-state index in [1.807, 2.05) is 0 Å². The van der Waals surface area contributed by atoms with Crippen molar-refractivity contribution in [1.82, 2.24) is 0 Å². The number of ketones is 1. The molecule has 126 valence electrons. The first-order valence-electron chi connectivity index (χ1n) is 7.41. The smallest absolute Gasteiger partial charge is 0.261 e. The van der Waals surface area contributed by atoms with Crippen LogP contribution >= 0.6 is 0 Å². The van der Waals surface area contributed by atoms with Crippen molar-refractivity contribution >= 4 is 21.5 Å². The third kappa shape index (κ3) is 3.21. The molecule has 0 saturated carbocycles. The molecular formula is C17H17NO5S. The van der Waals surface area contributed by atoms with Crippen LogP contribution in [0.2, 0.25) is 0 Å². The van der Waals surface area contributed by atoms with Crippen LogP contribution in [0.5, 0.6) is 11.5 Å². The quantitative estimate of drug-likeness (QED) is 0.860. The summed E-state index contributed by atoms with van der Waals surface area (Å²) in [6, 6.07) is 9.16. The minimum absolute atomic E-state index is 0.0850. The Balaban J connectivity index is 1.90. The molecule has 0 aromatic heterocycles. The molecule has 6 nitrogen and oxygen atoms in total. The summed E-state index contributed by atoms with van der Waals surface area (Å²) in [4.78, 5) is 11.4. The summed E-state index contributed by atoms with van der Waals surface area (Å²) in [5, 5.41) is 0. The second-order valence-corrected chi connectivity index (χ2v) is 7.18. The Morgan fingerprint density at radius 1 is 1.04 bits per heavy atom. The van der Waals surface area contributed by atoms with Gasteiger partial charge in [0.15, 0.2) is 17.3 Å². The molecule has 0 radical (unpaired) electrons. The number of ether oxygens (including phenoxy) is 2. The van der Waals surface area contributed by atoms with Crippen LogP contribution in [0.4, 0.5) is 5.69 Å². The van der Waals surface area contributed by atoms with Gasteiger partial charge in [-0.05, 0) is 37.6 Å². The molecule has 2 aromatic rings. The Labute approximate surface area is 140 Å². The first kappa shape index (κ1) is 16.3. The second-order valence-electron chi connectivity index (χ2n) is 5.50. The molecule has 0 aliphatic carbocycles. The van der Waals surface area contributed by atoms with Crippen molar-refractivity contribution in [2.75, 3.05) is 17.9 Å². The average molecular weight is 347 g/mol. The predicted octanol–water partition coefficient (Wildman–Crippen LogP) is 2.77. The molecule has 1 aliphatic heterocycles. The fraction of sp³-hybridized carbons (Fsp3) is 0.235. The van der Waals surface area contributed by atoms with Gasteiger partial charge in [-0.25, -0.2) is 8.42 Å². The van der Waals surface area contributed by atoms with Gasteiger partial charge in [0, 0.05) is 11.6 Å². The molecule has 0 spiro atoms. The lowest BCUT2D eigenvalue weighted by Crippen LogP contribution is -2.17. The highest BCUT2D eigenvalue weighted by atomic mass is 32.2. The SMILES string of the molecule is CC(=O)c1ccc(S(=O)(=O)Nc2cc3c(cc2C)OCCO3)cc1. The first-order chi connectivity index (χ1) is 11.4. The van der Waals surface area contributed by atoms with E-state index in [1.165, 1.54) is 31.2 Å². The number of sulfonamides is 1. The van der Waals surface area contributed by atoms with E-state index in [4.69, 9.17) is 9.47 Å². The molecule has 0 fully saturated rings. The van der Waals surface area contributed by atoms with E-state index < -0.39 is 10.0 Å². The number of hydrogen-bond donors (Lipinski definition) is 1. The van der Waals surface area contributed by atoms with E-state index in [0.717, 1.165) is 5.56 Å². The zero-order valence-electron chi connectivity index (χ0n) is 13.3. The number of rotatable bonds is 4. The van der Waals surface area contributed by atoms with Gasteiger partial charge in [0.25, 0.3) is 10.0 Å². The van der Waals surface area contributed by atoms with Gasteiger partial charge in [-0.3, -0.25) is 9.52 Å². The molecule has 2 aromatic carbocycles. The lowest BCUT2D eigenvalue weighted by Gasteiger charge is -2.20. The lowest BCUT2D eigenvalue weighted by molar-refractivity contribution is 0.101. The molecule has 0 amide bonds. The monoisotopic (exact) mass is 347 g/mol. The van der Waals surface area contributed by atoms with Crippen LogP contribution in [0, 0.1) is 6.92 Å². The van der Waals surface area contributed by atoms with Crippen molar-refractivity contribution < 1.29 is 22.7 Å². The molecule has 0 bridgehead atoms. The van der Waals surface area contributed by atoms with E-state index in [0.29, 0.717) is 36.0 Å². The molecule has 0 saturated heterocycles. The topological polar surface area (TPSA) is 81.7 Å². The van der Waals surface area contributed by atoms with Gasteiger partial charge in [0.1, 0.15) is 13.2 Å². The lowest BCUT2D eigenvalue weighted by atomic mass is 10.2. The summed E-state index contributed by atoms with van der Waals surface area (Å²) < 4.78 is 38.6. The minimum atomic E-state index is -3.76. The van der Waals surface area contributed by atoms with Gasteiger partial charge in [-0.1, -0.05) is 12.1 Å². The molecule has 7 heteroatoms. The van der Waals surface area contributed by atoms with E-state index in [-0.39, 0.29) is 10.7 Å². The second kappa shape index (κ2) is 6.16. The summed E-state index contributed by atoms with van der Waals surface area (Å²) in [5.41, 5.74) is 1.61. The number of fused-ring (bicyclic) bond motifs is 1. The average Bonchev–Trinajstić information content (AvgIpc) is 2.55.